The molecule has 2 atom stereocenters. The molecule has 1 saturated carbocycles. The van der Waals surface area contributed by atoms with Gasteiger partial charge < -0.3 is 19.3 Å². The Balaban J connectivity index is 2.15. The molecule has 0 heterocycles. The van der Waals surface area contributed by atoms with Crippen molar-refractivity contribution < 1.29 is 28.9 Å². The Hall–Kier alpha value is -1.14. The monoisotopic (exact) mass is 316 g/mol. The molecule has 22 heavy (non-hydrogen) atoms. The van der Waals surface area contributed by atoms with Crippen molar-refractivity contribution in [3.63, 3.8) is 0 Å². The second kappa shape index (κ2) is 9.10. The molecule has 1 aliphatic carbocycles. The Morgan fingerprint density at radius 1 is 1.18 bits per heavy atom. The van der Waals surface area contributed by atoms with E-state index in [-0.39, 0.29) is 32.1 Å². The number of ether oxygens (including phenoxy) is 3. The molecule has 1 aliphatic rings. The quantitative estimate of drug-likeness (QED) is 0.400. The van der Waals surface area contributed by atoms with Gasteiger partial charge in [0.05, 0.1) is 24.0 Å². The number of carboxylic acid groups (broad SMARTS) is 1. The van der Waals surface area contributed by atoms with E-state index in [1.165, 1.54) is 0 Å². The van der Waals surface area contributed by atoms with E-state index in [9.17, 15) is 9.59 Å². The van der Waals surface area contributed by atoms with Crippen LogP contribution in [0.1, 0.15) is 52.9 Å². The topological polar surface area (TPSA) is 82.1 Å². The maximum atomic E-state index is 11.7. The van der Waals surface area contributed by atoms with Crippen LogP contribution in [-0.4, -0.2) is 43.2 Å². The van der Waals surface area contributed by atoms with Crippen molar-refractivity contribution in [1.29, 1.82) is 0 Å². The number of carbonyl (C=O) groups excluding carboxylic acids is 1. The van der Waals surface area contributed by atoms with Crippen molar-refractivity contribution in [2.24, 2.45) is 11.3 Å². The van der Waals surface area contributed by atoms with Gasteiger partial charge in [0.2, 0.25) is 0 Å². The lowest BCUT2D eigenvalue weighted by Crippen LogP contribution is -2.34. The average molecular weight is 316 g/mol. The highest BCUT2D eigenvalue weighted by Gasteiger charge is 2.31. The Morgan fingerprint density at radius 2 is 1.86 bits per heavy atom. The first-order valence-electron chi connectivity index (χ1n) is 7.98. The summed E-state index contributed by atoms with van der Waals surface area (Å²) in [6.07, 6.45) is 3.75. The third-order valence-corrected chi connectivity index (χ3v) is 4.28. The highest BCUT2D eigenvalue weighted by molar-refractivity contribution is 5.75. The highest BCUT2D eigenvalue weighted by atomic mass is 16.7. The molecule has 0 aliphatic heterocycles. The maximum Gasteiger partial charge on any atom is 0.311 e. The van der Waals surface area contributed by atoms with Crippen LogP contribution in [0.2, 0.25) is 0 Å². The standard InChI is InChI=1S/C16H28O6/c1-4-16(2,3)15(19)21-10-9-20-11-22-13-8-6-5-7-12(13)14(17)18/h12-13H,4-11H2,1-3H3,(H,17,18). The normalized spacial score (nSPS) is 22.3. The molecule has 0 amide bonds. The third-order valence-electron chi connectivity index (χ3n) is 4.28. The van der Waals surface area contributed by atoms with Crippen LogP contribution in [0, 0.1) is 11.3 Å². The second-order valence-corrected chi connectivity index (χ2v) is 6.33. The van der Waals surface area contributed by atoms with Crippen molar-refractivity contribution in [2.75, 3.05) is 20.0 Å². The van der Waals surface area contributed by atoms with E-state index in [0.29, 0.717) is 12.8 Å². The maximum absolute atomic E-state index is 11.7. The van der Waals surface area contributed by atoms with E-state index in [1.807, 2.05) is 20.8 Å². The molecule has 0 bridgehead atoms. The molecule has 0 aromatic carbocycles. The number of hydrogen-bond acceptors (Lipinski definition) is 5. The van der Waals surface area contributed by atoms with Crippen molar-refractivity contribution in [2.45, 2.75) is 59.0 Å². The summed E-state index contributed by atoms with van der Waals surface area (Å²) in [6, 6.07) is 0. The van der Waals surface area contributed by atoms with Crippen LogP contribution in [0.25, 0.3) is 0 Å². The molecule has 1 rings (SSSR count). The van der Waals surface area contributed by atoms with E-state index >= 15 is 0 Å². The van der Waals surface area contributed by atoms with Crippen molar-refractivity contribution >= 4 is 11.9 Å². The van der Waals surface area contributed by atoms with Crippen LogP contribution < -0.4 is 0 Å². The fourth-order valence-corrected chi connectivity index (χ4v) is 2.31. The molecular weight excluding hydrogens is 288 g/mol. The zero-order valence-corrected chi connectivity index (χ0v) is 13.8. The minimum atomic E-state index is -0.805. The van der Waals surface area contributed by atoms with Gasteiger partial charge in [0, 0.05) is 0 Å². The van der Waals surface area contributed by atoms with Gasteiger partial charge in [-0.1, -0.05) is 19.8 Å². The fraction of sp³-hybridized carbons (Fsp3) is 0.875. The number of aliphatic carboxylic acids is 1. The summed E-state index contributed by atoms with van der Waals surface area (Å²) in [5.41, 5.74) is -0.479. The smallest absolute Gasteiger partial charge is 0.311 e. The summed E-state index contributed by atoms with van der Waals surface area (Å²) in [4.78, 5) is 22.8. The summed E-state index contributed by atoms with van der Waals surface area (Å²) < 4.78 is 15.9. The molecule has 0 saturated heterocycles. The summed E-state index contributed by atoms with van der Waals surface area (Å²) in [5, 5.41) is 9.13. The van der Waals surface area contributed by atoms with Gasteiger partial charge in [-0.25, -0.2) is 0 Å². The van der Waals surface area contributed by atoms with Gasteiger partial charge in [-0.05, 0) is 33.1 Å². The number of esters is 1. The van der Waals surface area contributed by atoms with Gasteiger partial charge in [0.25, 0.3) is 0 Å². The third kappa shape index (κ3) is 5.93. The lowest BCUT2D eigenvalue weighted by molar-refractivity contribution is -0.165. The number of hydrogen-bond donors (Lipinski definition) is 1. The average Bonchev–Trinajstić information content (AvgIpc) is 2.50. The summed E-state index contributed by atoms with van der Waals surface area (Å²) in [6.45, 7) is 6.08. The van der Waals surface area contributed by atoms with Crippen molar-refractivity contribution in [1.82, 2.24) is 0 Å². The molecule has 1 N–H and O–H groups in total. The molecule has 0 aromatic heterocycles. The molecule has 1 fully saturated rings. The molecule has 6 heteroatoms. The van der Waals surface area contributed by atoms with Gasteiger partial charge in [0.1, 0.15) is 13.4 Å². The van der Waals surface area contributed by atoms with Gasteiger partial charge in [-0.15, -0.1) is 0 Å². The predicted octanol–water partition coefficient (Wildman–Crippen LogP) is 2.60. The number of carboxylic acids is 1. The van der Waals surface area contributed by atoms with Crippen LogP contribution >= 0.6 is 0 Å². The van der Waals surface area contributed by atoms with Crippen LogP contribution in [0.5, 0.6) is 0 Å². The van der Waals surface area contributed by atoms with Gasteiger partial charge in [-0.2, -0.15) is 0 Å². The van der Waals surface area contributed by atoms with E-state index in [0.717, 1.165) is 19.3 Å². The zero-order chi connectivity index (χ0) is 16.6. The van der Waals surface area contributed by atoms with Crippen LogP contribution in [0.15, 0.2) is 0 Å². The molecule has 128 valence electrons. The Labute approximate surface area is 132 Å². The molecule has 6 nitrogen and oxygen atoms in total. The van der Waals surface area contributed by atoms with E-state index in [1.54, 1.807) is 0 Å². The Kier molecular flexibility index (Phi) is 7.82. The molecule has 2 unspecified atom stereocenters. The minimum Gasteiger partial charge on any atom is -0.481 e. The van der Waals surface area contributed by atoms with E-state index in [4.69, 9.17) is 19.3 Å². The lowest BCUT2D eigenvalue weighted by atomic mass is 9.86. The number of rotatable bonds is 9. The molecule has 0 spiro atoms. The van der Waals surface area contributed by atoms with Gasteiger partial charge in [-0.3, -0.25) is 9.59 Å². The summed E-state index contributed by atoms with van der Waals surface area (Å²) in [7, 11) is 0. The van der Waals surface area contributed by atoms with Gasteiger partial charge >= 0.3 is 11.9 Å². The first-order chi connectivity index (χ1) is 10.4. The minimum absolute atomic E-state index is 0.0309. The van der Waals surface area contributed by atoms with Crippen LogP contribution in [-0.2, 0) is 23.8 Å². The number of carbonyl (C=O) groups is 2. The van der Waals surface area contributed by atoms with Crippen molar-refractivity contribution in [3.05, 3.63) is 0 Å². The van der Waals surface area contributed by atoms with Crippen LogP contribution in [0.3, 0.4) is 0 Å². The molecule has 0 aromatic rings. The molecule has 0 radical (unpaired) electrons. The molecular formula is C16H28O6. The summed E-state index contributed by atoms with van der Waals surface area (Å²) in [5.74, 6) is -1.49. The largest absolute Gasteiger partial charge is 0.481 e. The Morgan fingerprint density at radius 3 is 2.50 bits per heavy atom. The van der Waals surface area contributed by atoms with Crippen LogP contribution in [0.4, 0.5) is 0 Å². The first kappa shape index (κ1) is 18.9. The lowest BCUT2D eigenvalue weighted by Gasteiger charge is -2.28. The van der Waals surface area contributed by atoms with E-state index < -0.39 is 17.3 Å². The SMILES string of the molecule is CCC(C)(C)C(=O)OCCOCOC1CCCCC1C(=O)O. The Bertz CT molecular complexity index is 366. The van der Waals surface area contributed by atoms with Crippen molar-refractivity contribution in [3.8, 4) is 0 Å². The van der Waals surface area contributed by atoms with E-state index in [2.05, 4.69) is 0 Å². The second-order valence-electron chi connectivity index (χ2n) is 6.33. The predicted molar refractivity (Wildman–Crippen MR) is 80.3 cm³/mol. The zero-order valence-electron chi connectivity index (χ0n) is 13.8. The highest BCUT2D eigenvalue weighted by Crippen LogP contribution is 2.27. The summed E-state index contributed by atoms with van der Waals surface area (Å²) >= 11 is 0. The first-order valence-corrected chi connectivity index (χ1v) is 7.98. The fourth-order valence-electron chi connectivity index (χ4n) is 2.31. The van der Waals surface area contributed by atoms with Gasteiger partial charge in [0.15, 0.2) is 0 Å².